The van der Waals surface area contributed by atoms with Gasteiger partial charge in [0.15, 0.2) is 5.60 Å². The molecule has 1 aromatic carbocycles. The van der Waals surface area contributed by atoms with Gasteiger partial charge in [-0.2, -0.15) is 0 Å². The second-order valence-electron chi connectivity index (χ2n) is 22.0. The zero-order valence-corrected chi connectivity index (χ0v) is 48.6. The van der Waals surface area contributed by atoms with Crippen molar-refractivity contribution in [3.05, 3.63) is 35.4 Å². The molecule has 0 aromatic heterocycles. The third kappa shape index (κ3) is 28.6. The Balaban J connectivity index is 4.08. The Hall–Kier alpha value is -4.73. The van der Waals surface area contributed by atoms with Gasteiger partial charge in [0.05, 0.1) is 146 Å². The molecule has 0 aliphatic rings. The fourth-order valence-corrected chi connectivity index (χ4v) is 8.63. The topological polar surface area (TPSA) is 242 Å². The molecule has 436 valence electrons. The molecule has 1 aromatic rings. The molecule has 1 amide bonds. The lowest BCUT2D eigenvalue weighted by atomic mass is 9.78. The maximum atomic E-state index is 15.3. The quantitative estimate of drug-likeness (QED) is 0.0315. The summed E-state index contributed by atoms with van der Waals surface area (Å²) in [5, 5.41) is 13.1. The van der Waals surface area contributed by atoms with Crippen LogP contribution in [0.15, 0.2) is 24.3 Å². The number of esters is 5. The Labute approximate surface area is 454 Å². The van der Waals surface area contributed by atoms with Gasteiger partial charge in [-0.25, -0.2) is 0 Å². The number of carbonyl (C=O) groups is 7. The molecule has 0 fully saturated rings. The SMILES string of the molecule is CCC[N+](C)(C)CC[N+](C)(C)Cc1ccc(C(CC(C)C(=O)OC[N+](C)(C)CC)CC(CC(CC(CC)C(N)=O)C(=O)[O-])C(=O)OC(COCCC(=O)OCC)(COCCC(=O)OCC)COCCC(=O)OCC)cc1. The molecule has 0 radical (unpaired) electrons. The molecular formula is C56H98N4O16+2. The molecule has 0 saturated carbocycles. The van der Waals surface area contributed by atoms with E-state index in [4.69, 9.17) is 43.6 Å². The van der Waals surface area contributed by atoms with Crippen molar-refractivity contribution in [3.8, 4) is 0 Å². The Morgan fingerprint density at radius 1 is 0.579 bits per heavy atom. The van der Waals surface area contributed by atoms with Gasteiger partial charge < -0.3 is 62.5 Å². The molecule has 76 heavy (non-hydrogen) atoms. The summed E-state index contributed by atoms with van der Waals surface area (Å²) in [5.41, 5.74) is 5.76. The number of nitrogens with two attached hydrogens (primary N) is 1. The van der Waals surface area contributed by atoms with Crippen LogP contribution in [-0.2, 0) is 78.0 Å². The van der Waals surface area contributed by atoms with Crippen molar-refractivity contribution >= 4 is 41.7 Å². The summed E-state index contributed by atoms with van der Waals surface area (Å²) >= 11 is 0. The first-order valence-corrected chi connectivity index (χ1v) is 27.3. The van der Waals surface area contributed by atoms with Gasteiger partial charge in [-0.1, -0.05) is 45.0 Å². The summed E-state index contributed by atoms with van der Waals surface area (Å²) in [6, 6.07) is 8.02. The van der Waals surface area contributed by atoms with E-state index in [1.807, 2.05) is 45.3 Å². The third-order valence-electron chi connectivity index (χ3n) is 13.6. The van der Waals surface area contributed by atoms with Crippen molar-refractivity contribution in [2.75, 3.05) is 135 Å². The smallest absolute Gasteiger partial charge is 0.312 e. The highest BCUT2D eigenvalue weighted by atomic mass is 16.6. The van der Waals surface area contributed by atoms with Crippen molar-refractivity contribution in [2.24, 2.45) is 29.4 Å². The van der Waals surface area contributed by atoms with Crippen molar-refractivity contribution in [1.29, 1.82) is 0 Å². The van der Waals surface area contributed by atoms with Gasteiger partial charge in [0, 0.05) is 23.4 Å². The lowest BCUT2D eigenvalue weighted by molar-refractivity contribution is -0.952. The molecule has 0 heterocycles. The summed E-state index contributed by atoms with van der Waals surface area (Å²) in [6.07, 6.45) is 0.452. The number of quaternary nitrogens is 3. The van der Waals surface area contributed by atoms with Crippen LogP contribution in [0.25, 0.3) is 0 Å². The molecule has 20 nitrogen and oxygen atoms in total. The third-order valence-corrected chi connectivity index (χ3v) is 13.6. The van der Waals surface area contributed by atoms with Crippen LogP contribution < -0.4 is 10.8 Å². The van der Waals surface area contributed by atoms with Crippen molar-refractivity contribution in [1.82, 2.24) is 0 Å². The van der Waals surface area contributed by atoms with Gasteiger partial charge in [0.2, 0.25) is 12.6 Å². The van der Waals surface area contributed by atoms with Gasteiger partial charge in [0.25, 0.3) is 0 Å². The average molecular weight is 1080 g/mol. The Kier molecular flexibility index (Phi) is 32.5. The predicted octanol–water partition coefficient (Wildman–Crippen LogP) is 4.31. The lowest BCUT2D eigenvalue weighted by Crippen LogP contribution is -2.50. The number of aliphatic carboxylic acids is 1. The van der Waals surface area contributed by atoms with Crippen LogP contribution >= 0.6 is 0 Å². The normalized spacial score (nSPS) is 14.2. The predicted molar refractivity (Wildman–Crippen MR) is 283 cm³/mol. The summed E-state index contributed by atoms with van der Waals surface area (Å²) in [5.74, 6) is -9.81. The van der Waals surface area contributed by atoms with Crippen LogP contribution in [0, 0.1) is 23.7 Å². The molecule has 0 spiro atoms. The monoisotopic (exact) mass is 1080 g/mol. The van der Waals surface area contributed by atoms with E-state index >= 15 is 4.79 Å². The zero-order valence-electron chi connectivity index (χ0n) is 48.6. The Morgan fingerprint density at radius 2 is 1.05 bits per heavy atom. The minimum atomic E-state index is -1.82. The number of ether oxygens (including phenoxy) is 8. The highest BCUT2D eigenvalue weighted by molar-refractivity contribution is 5.78. The fraction of sp³-hybridized carbons (Fsp3) is 0.768. The number of rotatable bonds is 43. The van der Waals surface area contributed by atoms with E-state index in [2.05, 4.69) is 35.1 Å². The maximum Gasteiger partial charge on any atom is 0.312 e. The molecule has 2 N–H and O–H groups in total. The minimum absolute atomic E-state index is 0.0390. The van der Waals surface area contributed by atoms with Gasteiger partial charge >= 0.3 is 29.8 Å². The van der Waals surface area contributed by atoms with E-state index in [1.54, 1.807) is 34.6 Å². The van der Waals surface area contributed by atoms with E-state index in [-0.39, 0.29) is 97.7 Å². The van der Waals surface area contributed by atoms with E-state index in [1.165, 1.54) is 0 Å². The Bertz CT molecular complexity index is 1840. The molecule has 5 atom stereocenters. The molecule has 0 saturated heterocycles. The van der Waals surface area contributed by atoms with Crippen molar-refractivity contribution in [3.63, 3.8) is 0 Å². The van der Waals surface area contributed by atoms with Crippen molar-refractivity contribution < 1.29 is 90.0 Å². The first kappa shape index (κ1) is 69.3. The Morgan fingerprint density at radius 3 is 1.47 bits per heavy atom. The number of hydrogen-bond donors (Lipinski definition) is 1. The van der Waals surface area contributed by atoms with Crippen molar-refractivity contribution in [2.45, 2.75) is 124 Å². The van der Waals surface area contributed by atoms with Crippen LogP contribution in [0.3, 0.4) is 0 Å². The number of benzene rings is 1. The number of nitrogens with zero attached hydrogens (tertiary/aromatic N) is 3. The minimum Gasteiger partial charge on any atom is -0.550 e. The van der Waals surface area contributed by atoms with E-state index < -0.39 is 96.7 Å². The first-order chi connectivity index (χ1) is 35.7. The molecule has 5 unspecified atom stereocenters. The van der Waals surface area contributed by atoms with Crippen LogP contribution in [0.1, 0.15) is 123 Å². The van der Waals surface area contributed by atoms with Gasteiger partial charge in [-0.15, -0.1) is 0 Å². The number of carboxylic acids is 1. The standard InChI is InChI=1S/C56H97N4O16/c1-14-27-59(10,11)28-29-60(12,13)37-43-20-22-45(23-21-43)46(33-42(7)54(67)75-41-58(8,9)16-3)35-48(36-47(53(65)66)34-44(15-2)52(57)64)55(68)76-56(38-69-30-24-49(61)72-17-4,39-70-31-25-50(62)73-18-5)40-71-32-26-51(63)74-19-6/h20-23,42,44,46-48H,14-19,24-41H2,1-13H3,(H-2,57,64,65,66)/q+1/p+1. The van der Waals surface area contributed by atoms with Crippen LogP contribution in [0.4, 0.5) is 0 Å². The first-order valence-electron chi connectivity index (χ1n) is 27.3. The number of likely N-dealkylation sites (N-methyl/N-ethyl adjacent to an activating group) is 2. The molecular weight excluding hydrogens is 985 g/mol. The average Bonchev–Trinajstić information content (AvgIpc) is 3.35. The highest BCUT2D eigenvalue weighted by Crippen LogP contribution is 2.36. The van der Waals surface area contributed by atoms with Gasteiger partial charge in [-0.05, 0) is 77.7 Å². The molecule has 0 aliphatic heterocycles. The fourth-order valence-electron chi connectivity index (χ4n) is 8.63. The molecule has 20 heteroatoms. The largest absolute Gasteiger partial charge is 0.550 e. The van der Waals surface area contributed by atoms with E-state index in [9.17, 15) is 33.9 Å². The molecule has 0 aliphatic carbocycles. The number of hydrogen-bond acceptors (Lipinski definition) is 16. The number of primary amides is 1. The van der Waals surface area contributed by atoms with E-state index in [0.717, 1.165) is 52.7 Å². The number of carboxylic acid groups (broad SMARTS) is 1. The van der Waals surface area contributed by atoms with E-state index in [0.29, 0.717) is 11.0 Å². The highest BCUT2D eigenvalue weighted by Gasteiger charge is 2.41. The second kappa shape index (κ2) is 35.6. The van der Waals surface area contributed by atoms with Gasteiger partial charge in [0.1, 0.15) is 19.6 Å². The lowest BCUT2D eigenvalue weighted by Gasteiger charge is -2.36. The number of carbonyl (C=O) groups excluding carboxylic acids is 7. The second-order valence-corrected chi connectivity index (χ2v) is 22.0. The maximum absolute atomic E-state index is 15.3. The summed E-state index contributed by atoms with van der Waals surface area (Å²) < 4.78 is 47.5. The summed E-state index contributed by atoms with van der Waals surface area (Å²) in [7, 11) is 12.8. The summed E-state index contributed by atoms with van der Waals surface area (Å²) in [4.78, 5) is 91.7. The van der Waals surface area contributed by atoms with Crippen LogP contribution in [0.5, 0.6) is 0 Å². The molecule has 1 rings (SSSR count). The number of amides is 1. The van der Waals surface area contributed by atoms with Gasteiger partial charge in [-0.3, -0.25) is 33.3 Å². The van der Waals surface area contributed by atoms with Crippen LogP contribution in [-0.4, -0.2) is 195 Å². The van der Waals surface area contributed by atoms with Crippen LogP contribution in [0.2, 0.25) is 0 Å². The summed E-state index contributed by atoms with van der Waals surface area (Å²) in [6.45, 7) is 15.9. The zero-order chi connectivity index (χ0) is 57.5. The molecule has 0 bridgehead atoms.